The molecule has 2 atom stereocenters. The number of H-pyrrole nitrogens is 1. The van der Waals surface area contributed by atoms with Crippen LogP contribution in [0, 0.1) is 0 Å². The fourth-order valence-electron chi connectivity index (χ4n) is 4.11. The molecule has 1 fully saturated rings. The molecule has 0 saturated carbocycles. The number of carboxylic acid groups (broad SMARTS) is 1. The summed E-state index contributed by atoms with van der Waals surface area (Å²) in [5.74, 6) is -1.16. The van der Waals surface area contributed by atoms with Gasteiger partial charge in [0.15, 0.2) is 11.6 Å². The number of carboxylic acids is 1. The Bertz CT molecular complexity index is 1380. The summed E-state index contributed by atoms with van der Waals surface area (Å²) in [5, 5.41) is 10.2. The monoisotopic (exact) mass is 489 g/mol. The number of aromatic amines is 1. The van der Waals surface area contributed by atoms with Gasteiger partial charge < -0.3 is 14.8 Å². The zero-order valence-corrected chi connectivity index (χ0v) is 19.0. The number of hydrogen-bond acceptors (Lipinski definition) is 5. The molecule has 1 aliphatic heterocycles. The summed E-state index contributed by atoms with van der Waals surface area (Å²) in [6.45, 7) is 1.38. The molecular formula is C24H22F3N3O5. The zero-order valence-electron chi connectivity index (χ0n) is 19.0. The third-order valence-electron chi connectivity index (χ3n) is 6.46. The number of hydrogen-bond donors (Lipinski definition) is 2. The number of carbonyl (C=O) groups excluding carboxylic acids is 1. The van der Waals surface area contributed by atoms with Crippen LogP contribution in [0.2, 0.25) is 0 Å². The van der Waals surface area contributed by atoms with Crippen molar-refractivity contribution >= 4 is 28.5 Å². The van der Waals surface area contributed by atoms with Gasteiger partial charge in [-0.1, -0.05) is 24.3 Å². The first-order valence-electron chi connectivity index (χ1n) is 10.6. The number of likely N-dealkylation sites (N-methyl/N-ethyl adjacent to an activating group) is 1. The van der Waals surface area contributed by atoms with Crippen LogP contribution in [0.25, 0.3) is 22.0 Å². The number of nitrogens with zero attached hydrogens (tertiary/aromatic N) is 2. The van der Waals surface area contributed by atoms with Gasteiger partial charge in [0.1, 0.15) is 0 Å². The Labute approximate surface area is 197 Å². The van der Waals surface area contributed by atoms with E-state index in [4.69, 9.17) is 4.74 Å². The largest absolute Gasteiger partial charge is 0.480 e. The van der Waals surface area contributed by atoms with Gasteiger partial charge in [0.25, 0.3) is 5.56 Å². The number of fused-ring (bicyclic) bond motifs is 1. The molecule has 8 nitrogen and oxygen atoms in total. The van der Waals surface area contributed by atoms with Crippen LogP contribution in [-0.2, 0) is 15.7 Å². The Balaban J connectivity index is 1.72. The Morgan fingerprint density at radius 3 is 2.46 bits per heavy atom. The van der Waals surface area contributed by atoms with Gasteiger partial charge in [0.2, 0.25) is 0 Å². The number of nitrogens with one attached hydrogen (secondary N) is 1. The molecule has 2 N–H and O–H groups in total. The van der Waals surface area contributed by atoms with Crippen molar-refractivity contribution in [3.63, 3.8) is 0 Å². The van der Waals surface area contributed by atoms with E-state index in [1.54, 1.807) is 14.1 Å². The number of amides is 1. The van der Waals surface area contributed by atoms with Crippen LogP contribution in [0.1, 0.15) is 12.5 Å². The number of anilines is 1. The van der Waals surface area contributed by atoms with E-state index in [0.717, 1.165) is 6.07 Å². The molecule has 0 aliphatic carbocycles. The predicted molar refractivity (Wildman–Crippen MR) is 122 cm³/mol. The van der Waals surface area contributed by atoms with Crippen molar-refractivity contribution in [2.24, 2.45) is 0 Å². The lowest BCUT2D eigenvalue weighted by molar-refractivity contribution is -0.154. The van der Waals surface area contributed by atoms with E-state index in [1.165, 1.54) is 59.2 Å². The van der Waals surface area contributed by atoms with Crippen LogP contribution in [0.15, 0.2) is 53.3 Å². The molecule has 4 rings (SSSR count). The molecular weight excluding hydrogens is 467 g/mol. The van der Waals surface area contributed by atoms with E-state index in [-0.39, 0.29) is 23.2 Å². The highest BCUT2D eigenvalue weighted by Crippen LogP contribution is 2.37. The summed E-state index contributed by atoms with van der Waals surface area (Å²) in [5.41, 5.74) is -2.86. The molecule has 11 heteroatoms. The summed E-state index contributed by atoms with van der Waals surface area (Å²) < 4.78 is 45.7. The number of carbonyl (C=O) groups is 2. The Hall–Kier alpha value is -3.86. The van der Waals surface area contributed by atoms with E-state index < -0.39 is 41.0 Å². The minimum atomic E-state index is -4.60. The molecule has 1 aliphatic rings. The van der Waals surface area contributed by atoms with Gasteiger partial charge in [-0.15, -0.1) is 0 Å². The SMILES string of the molecule is CN(C)[C@](C)(C(=O)O)C1CN(c2ccc3cc(-c4ccccc4C(F)(F)F)[nH]c(=O)c3c2)C(=O)O1. The lowest BCUT2D eigenvalue weighted by Gasteiger charge is -2.35. The van der Waals surface area contributed by atoms with E-state index in [0.29, 0.717) is 11.1 Å². The first-order valence-corrected chi connectivity index (χ1v) is 10.6. The van der Waals surface area contributed by atoms with Gasteiger partial charge in [-0.3, -0.25) is 19.4 Å². The van der Waals surface area contributed by atoms with E-state index >= 15 is 0 Å². The van der Waals surface area contributed by atoms with E-state index in [1.807, 2.05) is 0 Å². The lowest BCUT2D eigenvalue weighted by atomic mass is 9.93. The van der Waals surface area contributed by atoms with Gasteiger partial charge in [-0.2, -0.15) is 13.2 Å². The fourth-order valence-corrected chi connectivity index (χ4v) is 4.11. The maximum absolute atomic E-state index is 13.4. The van der Waals surface area contributed by atoms with Crippen LogP contribution >= 0.6 is 0 Å². The van der Waals surface area contributed by atoms with Crippen LogP contribution in [-0.4, -0.2) is 59.3 Å². The van der Waals surface area contributed by atoms with Crippen molar-refractivity contribution in [2.45, 2.75) is 24.7 Å². The maximum atomic E-state index is 13.4. The summed E-state index contributed by atoms with van der Waals surface area (Å²) in [4.78, 5) is 42.5. The number of ether oxygens (including phenoxy) is 1. The van der Waals surface area contributed by atoms with Crippen LogP contribution in [0.5, 0.6) is 0 Å². The van der Waals surface area contributed by atoms with Gasteiger partial charge in [0, 0.05) is 22.3 Å². The number of rotatable bonds is 5. The van der Waals surface area contributed by atoms with Crippen molar-refractivity contribution < 1.29 is 32.6 Å². The average Bonchev–Trinajstić information content (AvgIpc) is 3.19. The molecule has 3 aromatic rings. The van der Waals surface area contributed by atoms with E-state index in [2.05, 4.69) is 4.98 Å². The number of pyridine rings is 1. The first-order chi connectivity index (χ1) is 16.3. The van der Waals surface area contributed by atoms with Gasteiger partial charge in [-0.05, 0) is 50.7 Å². The molecule has 2 heterocycles. The molecule has 2 aromatic carbocycles. The molecule has 0 bridgehead atoms. The molecule has 1 aromatic heterocycles. The number of aliphatic carboxylic acids is 1. The van der Waals surface area contributed by atoms with Gasteiger partial charge in [0.05, 0.1) is 12.1 Å². The number of benzene rings is 2. The third kappa shape index (κ3) is 4.12. The maximum Gasteiger partial charge on any atom is 0.417 e. The van der Waals surface area contributed by atoms with Crippen molar-refractivity contribution in [3.05, 3.63) is 64.4 Å². The Morgan fingerprint density at radius 1 is 1.14 bits per heavy atom. The Kier molecular flexibility index (Phi) is 5.84. The second-order valence-corrected chi connectivity index (χ2v) is 8.66. The minimum Gasteiger partial charge on any atom is -0.480 e. The van der Waals surface area contributed by atoms with Crippen LogP contribution < -0.4 is 10.5 Å². The van der Waals surface area contributed by atoms with Gasteiger partial charge in [-0.25, -0.2) is 4.79 Å². The predicted octanol–water partition coefficient (Wildman–Crippen LogP) is 3.94. The standard InChI is InChI=1S/C24H22F3N3O5/c1-23(21(32)33,29(2)3)19-12-30(22(34)35-19)14-9-8-13-10-18(28-20(31)16(13)11-14)15-6-4-5-7-17(15)24(25,26)27/h4-11,19H,12H2,1-3H3,(H,28,31)(H,32,33)/t19?,23-/m0/s1. The van der Waals surface area contributed by atoms with Crippen LogP contribution in [0.4, 0.5) is 23.7 Å². The lowest BCUT2D eigenvalue weighted by Crippen LogP contribution is -2.58. The quantitative estimate of drug-likeness (QED) is 0.563. The number of alkyl halides is 3. The van der Waals surface area contributed by atoms with Crippen molar-refractivity contribution in [2.75, 3.05) is 25.5 Å². The number of aromatic nitrogens is 1. The van der Waals surface area contributed by atoms with Crippen molar-refractivity contribution in [1.29, 1.82) is 0 Å². The van der Waals surface area contributed by atoms with Crippen LogP contribution in [0.3, 0.4) is 0 Å². The minimum absolute atomic E-state index is 0.00651. The average molecular weight is 489 g/mol. The number of cyclic esters (lactones) is 1. The molecule has 0 spiro atoms. The molecule has 1 amide bonds. The highest BCUT2D eigenvalue weighted by atomic mass is 19.4. The topological polar surface area (TPSA) is 103 Å². The van der Waals surface area contributed by atoms with Gasteiger partial charge >= 0.3 is 18.2 Å². The molecule has 0 radical (unpaired) electrons. The molecule has 35 heavy (non-hydrogen) atoms. The smallest absolute Gasteiger partial charge is 0.417 e. The number of halogens is 3. The van der Waals surface area contributed by atoms with Crippen molar-refractivity contribution in [1.82, 2.24) is 9.88 Å². The second-order valence-electron chi connectivity index (χ2n) is 8.66. The molecule has 1 unspecified atom stereocenters. The summed E-state index contributed by atoms with van der Waals surface area (Å²) in [6.07, 6.45) is -6.36. The Morgan fingerprint density at radius 2 is 1.83 bits per heavy atom. The zero-order chi connectivity index (χ0) is 25.7. The summed E-state index contributed by atoms with van der Waals surface area (Å²) in [7, 11) is 3.13. The highest BCUT2D eigenvalue weighted by Gasteiger charge is 2.51. The molecule has 1 saturated heterocycles. The third-order valence-corrected chi connectivity index (χ3v) is 6.46. The second kappa shape index (κ2) is 8.42. The van der Waals surface area contributed by atoms with E-state index in [9.17, 15) is 32.7 Å². The van der Waals surface area contributed by atoms with Crippen molar-refractivity contribution in [3.8, 4) is 11.3 Å². The first kappa shape index (κ1) is 24.3. The highest BCUT2D eigenvalue weighted by molar-refractivity contribution is 5.95. The summed E-state index contributed by atoms with van der Waals surface area (Å²) in [6, 6.07) is 10.8. The molecule has 184 valence electrons. The normalized spacial score (nSPS) is 18.1. The summed E-state index contributed by atoms with van der Waals surface area (Å²) >= 11 is 0. The fraction of sp³-hybridized carbons (Fsp3) is 0.292.